The van der Waals surface area contributed by atoms with Gasteiger partial charge in [-0.3, -0.25) is 20.1 Å². The highest BCUT2D eigenvalue weighted by atomic mass is 35.5. The molecule has 0 bridgehead atoms. The Balaban J connectivity index is 1.43. The number of aryl methyl sites for hydroxylation is 1. The lowest BCUT2D eigenvalue weighted by Gasteiger charge is -2.13. The van der Waals surface area contributed by atoms with Gasteiger partial charge in [-0.15, -0.1) is 0 Å². The summed E-state index contributed by atoms with van der Waals surface area (Å²) in [5.74, 6) is -0.0320. The Hall–Kier alpha value is -4.29. The zero-order valence-corrected chi connectivity index (χ0v) is 21.3. The van der Waals surface area contributed by atoms with E-state index in [2.05, 4.69) is 35.0 Å². The van der Waals surface area contributed by atoms with E-state index in [-0.39, 0.29) is 10.9 Å². The number of anilines is 1. The second kappa shape index (κ2) is 10.6. The largest absolute Gasteiger partial charge is 0.494 e. The van der Waals surface area contributed by atoms with Crippen LogP contribution in [0.15, 0.2) is 55.0 Å². The van der Waals surface area contributed by atoms with E-state index in [0.717, 1.165) is 0 Å². The molecule has 1 N–H and O–H groups in total. The van der Waals surface area contributed by atoms with Crippen LogP contribution in [-0.2, 0) is 0 Å². The number of hydrogen-bond donors (Lipinski definition) is 1. The molecular formula is C25H17ClF2N6O3S. The number of carbonyl (C=O) groups is 1. The molecule has 0 aliphatic rings. The highest BCUT2D eigenvalue weighted by Crippen LogP contribution is 2.35. The molecule has 38 heavy (non-hydrogen) atoms. The fourth-order valence-corrected chi connectivity index (χ4v) is 4.63. The van der Waals surface area contributed by atoms with E-state index in [9.17, 15) is 13.6 Å². The molecule has 9 nitrogen and oxygen atoms in total. The summed E-state index contributed by atoms with van der Waals surface area (Å²) >= 11 is 7.29. The number of pyridine rings is 4. The Morgan fingerprint density at radius 1 is 1.00 bits per heavy atom. The molecule has 5 aromatic rings. The number of hydrogen-bond acceptors (Lipinski definition) is 9. The van der Waals surface area contributed by atoms with Gasteiger partial charge in [0.1, 0.15) is 27.0 Å². The van der Waals surface area contributed by atoms with Crippen LogP contribution in [-0.4, -0.2) is 44.5 Å². The molecule has 0 saturated carbocycles. The quantitative estimate of drug-likeness (QED) is 0.243. The third-order valence-corrected chi connectivity index (χ3v) is 6.42. The van der Waals surface area contributed by atoms with E-state index in [0.29, 0.717) is 55.0 Å². The second-order valence-corrected chi connectivity index (χ2v) is 9.19. The lowest BCUT2D eigenvalue weighted by molar-refractivity contribution is -0.0500. The number of thiazole rings is 1. The van der Waals surface area contributed by atoms with Gasteiger partial charge in [-0.2, -0.15) is 8.78 Å². The fourth-order valence-electron chi connectivity index (χ4n) is 3.64. The van der Waals surface area contributed by atoms with Gasteiger partial charge in [-0.1, -0.05) is 22.9 Å². The number of ether oxygens (including phenoxy) is 2. The Morgan fingerprint density at radius 3 is 2.55 bits per heavy atom. The minimum Gasteiger partial charge on any atom is -0.494 e. The van der Waals surface area contributed by atoms with Crippen molar-refractivity contribution in [3.8, 4) is 34.0 Å². The van der Waals surface area contributed by atoms with Crippen molar-refractivity contribution in [1.29, 1.82) is 0 Å². The van der Waals surface area contributed by atoms with Crippen molar-refractivity contribution >= 4 is 44.3 Å². The van der Waals surface area contributed by atoms with E-state index in [4.69, 9.17) is 16.3 Å². The molecule has 13 heteroatoms. The van der Waals surface area contributed by atoms with Crippen molar-refractivity contribution in [3.63, 3.8) is 0 Å². The van der Waals surface area contributed by atoms with E-state index >= 15 is 0 Å². The molecule has 0 aliphatic carbocycles. The summed E-state index contributed by atoms with van der Waals surface area (Å²) in [5, 5.41) is 3.39. The summed E-state index contributed by atoms with van der Waals surface area (Å²) in [6, 6.07) is 9.73. The Bertz CT molecular complexity index is 1650. The molecule has 0 spiro atoms. The average molecular weight is 555 g/mol. The second-order valence-electron chi connectivity index (χ2n) is 7.83. The number of carbonyl (C=O) groups excluding carboxylic acids is 1. The number of halogens is 3. The normalized spacial score (nSPS) is 11.1. The maximum atomic E-state index is 13.3. The van der Waals surface area contributed by atoms with Crippen LogP contribution in [0.4, 0.5) is 13.9 Å². The Labute approximate surface area is 223 Å². The maximum absolute atomic E-state index is 13.3. The van der Waals surface area contributed by atoms with Gasteiger partial charge in [0.15, 0.2) is 5.13 Å². The summed E-state index contributed by atoms with van der Waals surface area (Å²) in [7, 11) is 1.51. The van der Waals surface area contributed by atoms with Gasteiger partial charge in [0.25, 0.3) is 5.91 Å². The van der Waals surface area contributed by atoms with Gasteiger partial charge in [0.05, 0.1) is 36.5 Å². The van der Waals surface area contributed by atoms with Gasteiger partial charge < -0.3 is 9.47 Å². The number of fused-ring (bicyclic) bond motifs is 1. The first-order chi connectivity index (χ1) is 18.3. The van der Waals surface area contributed by atoms with Crippen LogP contribution in [0.25, 0.3) is 32.9 Å². The van der Waals surface area contributed by atoms with Crippen molar-refractivity contribution in [2.75, 3.05) is 12.4 Å². The molecule has 5 heterocycles. The minimum absolute atomic E-state index is 0.0516. The average Bonchev–Trinajstić information content (AvgIpc) is 3.30. The fraction of sp³-hybridized carbons (Fsp3) is 0.120. The van der Waals surface area contributed by atoms with Gasteiger partial charge in [0.2, 0.25) is 0 Å². The van der Waals surface area contributed by atoms with Gasteiger partial charge in [-0.25, -0.2) is 15.0 Å². The van der Waals surface area contributed by atoms with E-state index in [1.807, 2.05) is 6.92 Å². The van der Waals surface area contributed by atoms with Crippen LogP contribution in [0.5, 0.6) is 11.5 Å². The zero-order chi connectivity index (χ0) is 26.8. The predicted molar refractivity (Wildman–Crippen MR) is 139 cm³/mol. The van der Waals surface area contributed by atoms with E-state index < -0.39 is 12.5 Å². The predicted octanol–water partition coefficient (Wildman–Crippen LogP) is 6.03. The molecule has 192 valence electrons. The van der Waals surface area contributed by atoms with Crippen molar-refractivity contribution in [1.82, 2.24) is 24.9 Å². The summed E-state index contributed by atoms with van der Waals surface area (Å²) in [6.07, 6.45) is 4.16. The molecule has 0 aliphatic heterocycles. The standard InChI is InChI=1S/C25H17ClF2N6O3S/c1-12-7-14(15-8-21(26)31-11-20(15)36-2)16(10-29-12)22(35)34-25-33-19-6-5-18(32-23(19)38-25)17-4-3-13(9-30-17)37-24(27)28/h3-11,24H,1-2H3,(H,33,34,35). The monoisotopic (exact) mass is 554 g/mol. The maximum Gasteiger partial charge on any atom is 0.387 e. The van der Waals surface area contributed by atoms with Crippen molar-refractivity contribution in [2.45, 2.75) is 13.5 Å². The molecule has 0 atom stereocenters. The van der Waals surface area contributed by atoms with Crippen LogP contribution < -0.4 is 14.8 Å². The molecule has 1 amide bonds. The molecule has 0 fully saturated rings. The molecule has 0 radical (unpaired) electrons. The third-order valence-electron chi connectivity index (χ3n) is 5.33. The smallest absolute Gasteiger partial charge is 0.387 e. The summed E-state index contributed by atoms with van der Waals surface area (Å²) in [4.78, 5) is 35.3. The lowest BCUT2D eigenvalue weighted by Crippen LogP contribution is -2.14. The number of amides is 1. The number of nitrogens with one attached hydrogen (secondary N) is 1. The lowest BCUT2D eigenvalue weighted by atomic mass is 10.0. The van der Waals surface area contributed by atoms with Gasteiger partial charge in [-0.05, 0) is 43.3 Å². The van der Waals surface area contributed by atoms with Crippen LogP contribution in [0.2, 0.25) is 5.15 Å². The molecule has 0 saturated heterocycles. The molecule has 5 aromatic heterocycles. The third kappa shape index (κ3) is 5.36. The summed E-state index contributed by atoms with van der Waals surface area (Å²) in [5.41, 5.74) is 3.70. The molecular weight excluding hydrogens is 538 g/mol. The van der Waals surface area contributed by atoms with Crippen molar-refractivity contribution in [3.05, 3.63) is 71.4 Å². The summed E-state index contributed by atoms with van der Waals surface area (Å²) < 4.78 is 34.5. The van der Waals surface area contributed by atoms with Gasteiger partial charge in [0, 0.05) is 23.0 Å². The number of nitrogens with zero attached hydrogens (tertiary/aromatic N) is 5. The Kier molecular flexibility index (Phi) is 7.07. The number of alkyl halides is 2. The van der Waals surface area contributed by atoms with Crippen LogP contribution in [0.1, 0.15) is 16.1 Å². The number of aromatic nitrogens is 5. The first kappa shape index (κ1) is 25.4. The SMILES string of the molecule is COc1cnc(Cl)cc1-c1cc(C)ncc1C(=O)Nc1nc2ccc(-c3ccc(OC(F)F)cn3)nc2s1. The highest BCUT2D eigenvalue weighted by Gasteiger charge is 2.20. The summed E-state index contributed by atoms with van der Waals surface area (Å²) in [6.45, 7) is -1.12. The van der Waals surface area contributed by atoms with Crippen molar-refractivity contribution < 1.29 is 23.0 Å². The first-order valence-corrected chi connectivity index (χ1v) is 12.2. The van der Waals surface area contributed by atoms with Gasteiger partial charge >= 0.3 is 6.61 Å². The van der Waals surface area contributed by atoms with Crippen LogP contribution in [0, 0.1) is 6.92 Å². The van der Waals surface area contributed by atoms with E-state index in [1.54, 1.807) is 24.3 Å². The molecule has 0 aromatic carbocycles. The Morgan fingerprint density at radius 2 is 1.82 bits per heavy atom. The zero-order valence-electron chi connectivity index (χ0n) is 19.8. The van der Waals surface area contributed by atoms with E-state index in [1.165, 1.54) is 49.2 Å². The molecule has 0 unspecified atom stereocenters. The number of methoxy groups -OCH3 is 1. The minimum atomic E-state index is -2.93. The number of rotatable bonds is 7. The highest BCUT2D eigenvalue weighted by molar-refractivity contribution is 7.22. The van der Waals surface area contributed by atoms with Crippen LogP contribution in [0.3, 0.4) is 0 Å². The van der Waals surface area contributed by atoms with Crippen LogP contribution >= 0.6 is 22.9 Å². The van der Waals surface area contributed by atoms with Crippen molar-refractivity contribution in [2.24, 2.45) is 0 Å². The first-order valence-electron chi connectivity index (χ1n) is 11.0. The molecule has 5 rings (SSSR count). The topological polar surface area (TPSA) is 112 Å².